The third kappa shape index (κ3) is 2.64. The van der Waals surface area contributed by atoms with E-state index in [1.807, 2.05) is 6.07 Å². The van der Waals surface area contributed by atoms with Gasteiger partial charge in [-0.15, -0.1) is 0 Å². The van der Waals surface area contributed by atoms with Crippen molar-refractivity contribution in [2.75, 3.05) is 13.2 Å². The molecule has 4 heteroatoms. The zero-order valence-electron chi connectivity index (χ0n) is 9.82. The van der Waals surface area contributed by atoms with Crippen LogP contribution in [0, 0.1) is 18.7 Å². The Morgan fingerprint density at radius 2 is 2.29 bits per heavy atom. The molecule has 0 saturated carbocycles. The van der Waals surface area contributed by atoms with Gasteiger partial charge in [0.1, 0.15) is 5.82 Å². The van der Waals surface area contributed by atoms with Gasteiger partial charge in [-0.05, 0) is 24.1 Å². The number of rotatable bonds is 3. The minimum atomic E-state index is -0.243. The number of amides is 1. The number of benzene rings is 1. The van der Waals surface area contributed by atoms with E-state index in [4.69, 9.17) is 5.11 Å². The van der Waals surface area contributed by atoms with Crippen molar-refractivity contribution >= 4 is 5.91 Å². The van der Waals surface area contributed by atoms with Crippen LogP contribution in [0.3, 0.4) is 0 Å². The van der Waals surface area contributed by atoms with Gasteiger partial charge >= 0.3 is 0 Å². The van der Waals surface area contributed by atoms with Gasteiger partial charge < -0.3 is 10.0 Å². The van der Waals surface area contributed by atoms with E-state index in [0.29, 0.717) is 25.1 Å². The highest BCUT2D eigenvalue weighted by Gasteiger charge is 2.28. The summed E-state index contributed by atoms with van der Waals surface area (Å²) in [6.45, 7) is 2.73. The van der Waals surface area contributed by atoms with Crippen LogP contribution in [0.2, 0.25) is 0 Å². The van der Waals surface area contributed by atoms with Gasteiger partial charge in [0.15, 0.2) is 0 Å². The predicted octanol–water partition coefficient (Wildman–Crippen LogP) is 1.47. The average molecular weight is 237 g/mol. The van der Waals surface area contributed by atoms with Crippen LogP contribution >= 0.6 is 0 Å². The van der Waals surface area contributed by atoms with E-state index >= 15 is 0 Å². The number of aliphatic hydroxyl groups is 1. The van der Waals surface area contributed by atoms with Crippen LogP contribution in [0.25, 0.3) is 0 Å². The monoisotopic (exact) mass is 237 g/mol. The fraction of sp³-hybridized carbons (Fsp3) is 0.462. The Kier molecular flexibility index (Phi) is 3.43. The molecular formula is C13H16FNO2. The normalized spacial score (nSPS) is 20.1. The van der Waals surface area contributed by atoms with Crippen LogP contribution in [0.4, 0.5) is 4.39 Å². The minimum Gasteiger partial charge on any atom is -0.396 e. The third-order valence-corrected chi connectivity index (χ3v) is 3.16. The van der Waals surface area contributed by atoms with Gasteiger partial charge in [-0.2, -0.15) is 0 Å². The first-order chi connectivity index (χ1) is 8.10. The molecule has 3 nitrogen and oxygen atoms in total. The second kappa shape index (κ2) is 4.84. The van der Waals surface area contributed by atoms with E-state index in [9.17, 15) is 9.18 Å². The number of aliphatic hydroxyl groups excluding tert-OH is 1. The molecule has 0 radical (unpaired) electrons. The maximum Gasteiger partial charge on any atom is 0.223 e. The molecule has 1 unspecified atom stereocenters. The maximum atomic E-state index is 13.3. The highest BCUT2D eigenvalue weighted by atomic mass is 19.1. The van der Waals surface area contributed by atoms with E-state index in [0.717, 1.165) is 5.56 Å². The lowest BCUT2D eigenvalue weighted by Gasteiger charge is -2.16. The molecule has 1 aliphatic heterocycles. The molecule has 17 heavy (non-hydrogen) atoms. The summed E-state index contributed by atoms with van der Waals surface area (Å²) in [5, 5.41) is 9.01. The van der Waals surface area contributed by atoms with Gasteiger partial charge in [-0.25, -0.2) is 4.39 Å². The molecule has 0 spiro atoms. The number of likely N-dealkylation sites (tertiary alicyclic amines) is 1. The summed E-state index contributed by atoms with van der Waals surface area (Å²) in [7, 11) is 0. The van der Waals surface area contributed by atoms with Crippen molar-refractivity contribution in [3.05, 3.63) is 35.1 Å². The van der Waals surface area contributed by atoms with E-state index in [1.54, 1.807) is 17.9 Å². The van der Waals surface area contributed by atoms with Crippen molar-refractivity contribution in [2.24, 2.45) is 5.92 Å². The number of aryl methyl sites for hydroxylation is 1. The van der Waals surface area contributed by atoms with Crippen molar-refractivity contribution in [1.29, 1.82) is 0 Å². The Bertz CT molecular complexity index is 433. The van der Waals surface area contributed by atoms with Crippen molar-refractivity contribution in [3.8, 4) is 0 Å². The molecule has 1 amide bonds. The zero-order valence-corrected chi connectivity index (χ0v) is 9.82. The molecule has 1 atom stereocenters. The Hall–Kier alpha value is -1.42. The summed E-state index contributed by atoms with van der Waals surface area (Å²) < 4.78 is 13.3. The first-order valence-electron chi connectivity index (χ1n) is 5.74. The smallest absolute Gasteiger partial charge is 0.223 e. The fourth-order valence-corrected chi connectivity index (χ4v) is 2.08. The summed E-state index contributed by atoms with van der Waals surface area (Å²) in [5.74, 6) is -0.185. The molecular weight excluding hydrogens is 221 g/mol. The Morgan fingerprint density at radius 3 is 2.88 bits per heavy atom. The molecule has 92 valence electrons. The number of hydrogen-bond acceptors (Lipinski definition) is 2. The molecule has 1 N–H and O–H groups in total. The predicted molar refractivity (Wildman–Crippen MR) is 61.7 cm³/mol. The summed E-state index contributed by atoms with van der Waals surface area (Å²) in [6.07, 6.45) is 0.394. The van der Waals surface area contributed by atoms with Crippen LogP contribution in [0.15, 0.2) is 18.2 Å². The summed E-state index contributed by atoms with van der Waals surface area (Å²) in [4.78, 5) is 13.3. The second-order valence-corrected chi connectivity index (χ2v) is 4.61. The quantitative estimate of drug-likeness (QED) is 0.865. The molecule has 0 bridgehead atoms. The van der Waals surface area contributed by atoms with Crippen molar-refractivity contribution < 1.29 is 14.3 Å². The molecule has 1 saturated heterocycles. The number of carbonyl (C=O) groups is 1. The Balaban J connectivity index is 2.06. The molecule has 1 aromatic rings. The van der Waals surface area contributed by atoms with Crippen LogP contribution in [-0.4, -0.2) is 29.1 Å². The minimum absolute atomic E-state index is 0.0257. The number of halogens is 1. The lowest BCUT2D eigenvalue weighted by atomic mass is 10.1. The standard InChI is InChI=1S/C13H16FNO2/c1-9-2-3-10(4-12(9)14)6-15-7-11(8-16)5-13(15)17/h2-4,11,16H,5-8H2,1H3. The van der Waals surface area contributed by atoms with Crippen LogP contribution in [-0.2, 0) is 11.3 Å². The van der Waals surface area contributed by atoms with Crippen LogP contribution in [0.1, 0.15) is 17.5 Å². The van der Waals surface area contributed by atoms with Gasteiger partial charge in [0.25, 0.3) is 0 Å². The molecule has 1 heterocycles. The highest BCUT2D eigenvalue weighted by Crippen LogP contribution is 2.20. The largest absolute Gasteiger partial charge is 0.396 e. The van der Waals surface area contributed by atoms with Crippen LogP contribution in [0.5, 0.6) is 0 Å². The van der Waals surface area contributed by atoms with E-state index in [-0.39, 0.29) is 24.2 Å². The van der Waals surface area contributed by atoms with E-state index in [1.165, 1.54) is 6.07 Å². The van der Waals surface area contributed by atoms with Gasteiger partial charge in [-0.1, -0.05) is 12.1 Å². The second-order valence-electron chi connectivity index (χ2n) is 4.61. The SMILES string of the molecule is Cc1ccc(CN2CC(CO)CC2=O)cc1F. The lowest BCUT2D eigenvalue weighted by Crippen LogP contribution is -2.25. The van der Waals surface area contributed by atoms with Gasteiger partial charge in [0, 0.05) is 32.0 Å². The molecule has 0 aliphatic carbocycles. The van der Waals surface area contributed by atoms with E-state index < -0.39 is 0 Å². The zero-order chi connectivity index (χ0) is 12.4. The summed E-state index contributed by atoms with van der Waals surface area (Å²) in [6, 6.07) is 5.02. The number of hydrogen-bond donors (Lipinski definition) is 1. The number of nitrogens with zero attached hydrogens (tertiary/aromatic N) is 1. The maximum absolute atomic E-state index is 13.3. The molecule has 2 rings (SSSR count). The van der Waals surface area contributed by atoms with Crippen molar-refractivity contribution in [2.45, 2.75) is 19.9 Å². The van der Waals surface area contributed by atoms with Gasteiger partial charge in [-0.3, -0.25) is 4.79 Å². The highest BCUT2D eigenvalue weighted by molar-refractivity contribution is 5.78. The van der Waals surface area contributed by atoms with Gasteiger partial charge in [0.05, 0.1) is 0 Å². The lowest BCUT2D eigenvalue weighted by molar-refractivity contribution is -0.128. The molecule has 1 aromatic carbocycles. The Morgan fingerprint density at radius 1 is 1.53 bits per heavy atom. The summed E-state index contributed by atoms with van der Waals surface area (Å²) in [5.41, 5.74) is 1.40. The first kappa shape index (κ1) is 12.0. The Labute approximate surface area is 99.9 Å². The van der Waals surface area contributed by atoms with E-state index in [2.05, 4.69) is 0 Å². The summed E-state index contributed by atoms with van der Waals surface area (Å²) >= 11 is 0. The fourth-order valence-electron chi connectivity index (χ4n) is 2.08. The van der Waals surface area contributed by atoms with Crippen molar-refractivity contribution in [1.82, 2.24) is 4.90 Å². The molecule has 1 fully saturated rings. The topological polar surface area (TPSA) is 40.5 Å². The van der Waals surface area contributed by atoms with Gasteiger partial charge in [0.2, 0.25) is 5.91 Å². The number of carbonyl (C=O) groups excluding carboxylic acids is 1. The first-order valence-corrected chi connectivity index (χ1v) is 5.74. The molecule has 1 aliphatic rings. The van der Waals surface area contributed by atoms with Crippen molar-refractivity contribution in [3.63, 3.8) is 0 Å². The van der Waals surface area contributed by atoms with Crippen LogP contribution < -0.4 is 0 Å². The third-order valence-electron chi connectivity index (χ3n) is 3.16. The molecule has 0 aromatic heterocycles. The average Bonchev–Trinajstić information content (AvgIpc) is 2.65.